The lowest BCUT2D eigenvalue weighted by Crippen LogP contribution is -2.49. The molecule has 0 saturated carbocycles. The number of pyridine rings is 1. The molecule has 3 aromatic rings. The van der Waals surface area contributed by atoms with Crippen LogP contribution >= 0.6 is 0 Å². The Morgan fingerprint density at radius 1 is 0.902 bits per heavy atom. The third kappa shape index (κ3) is 10.2. The number of rotatable bonds is 13. The topological polar surface area (TPSA) is 129 Å². The van der Waals surface area contributed by atoms with Gasteiger partial charge in [0.2, 0.25) is 5.91 Å². The molecule has 0 unspecified atom stereocenters. The average Bonchev–Trinajstić information content (AvgIpc) is 2.93. The maximum Gasteiger partial charge on any atom is 0.319 e. The molecular formula is C31H41N5O4S. The number of anilines is 2. The molecule has 0 fully saturated rings. The van der Waals surface area contributed by atoms with Gasteiger partial charge in [-0.15, -0.1) is 0 Å². The number of carbonyl (C=O) groups excluding carboxylic acids is 2. The molecule has 1 heterocycles. The van der Waals surface area contributed by atoms with Gasteiger partial charge in [0.05, 0.1) is 4.90 Å². The van der Waals surface area contributed by atoms with E-state index in [0.29, 0.717) is 24.3 Å². The van der Waals surface area contributed by atoms with Crippen LogP contribution in [0.3, 0.4) is 0 Å². The Balaban J connectivity index is 1.60. The first-order valence-corrected chi connectivity index (χ1v) is 15.4. The highest BCUT2D eigenvalue weighted by Crippen LogP contribution is 2.24. The molecule has 10 heteroatoms. The number of aromatic nitrogens is 1. The van der Waals surface area contributed by atoms with Crippen LogP contribution < -0.4 is 20.7 Å². The van der Waals surface area contributed by atoms with Crippen molar-refractivity contribution < 1.29 is 18.0 Å². The zero-order chi connectivity index (χ0) is 29.9. The molecule has 0 spiro atoms. The zero-order valence-corrected chi connectivity index (χ0v) is 25.1. The zero-order valence-electron chi connectivity index (χ0n) is 24.2. The van der Waals surface area contributed by atoms with Gasteiger partial charge in [-0.2, -0.15) is 0 Å². The molecule has 0 saturated heterocycles. The summed E-state index contributed by atoms with van der Waals surface area (Å²) in [4.78, 5) is 30.0. The summed E-state index contributed by atoms with van der Waals surface area (Å²) in [6, 6.07) is 15.4. The second-order valence-corrected chi connectivity index (χ2v) is 12.7. The predicted octanol–water partition coefficient (Wildman–Crippen LogP) is 5.61. The molecule has 0 radical (unpaired) electrons. The summed E-state index contributed by atoms with van der Waals surface area (Å²) in [5, 5.41) is 8.39. The summed E-state index contributed by atoms with van der Waals surface area (Å²) in [7, 11) is -3.78. The summed E-state index contributed by atoms with van der Waals surface area (Å²) in [6.07, 6.45) is 7.74. The van der Waals surface area contributed by atoms with E-state index >= 15 is 0 Å². The molecule has 0 aliphatic heterocycles. The molecule has 3 amide bonds. The molecule has 41 heavy (non-hydrogen) atoms. The molecule has 2 aromatic carbocycles. The Morgan fingerprint density at radius 2 is 1.59 bits per heavy atom. The standard InChI is InChI=1S/C31H41N5O4S/c1-5-6-7-8-20-33-29(37)28(21-23-10-9-19-32-22-23)35-30(38)34-25-13-15-26(16-14-25)36-41(39,40)27-17-11-24(12-18-27)31(2,3)4/h9-19,22,28,36H,5-8,20-21H2,1-4H3,(H,33,37)(H2,34,35,38)/t28-/m1/s1. The van der Waals surface area contributed by atoms with Crippen molar-refractivity contribution >= 4 is 33.3 Å². The third-order valence-electron chi connectivity index (χ3n) is 6.54. The lowest BCUT2D eigenvalue weighted by molar-refractivity contribution is -0.122. The number of hydrogen-bond acceptors (Lipinski definition) is 5. The molecule has 0 bridgehead atoms. The number of unbranched alkanes of at least 4 members (excludes halogenated alkanes) is 3. The van der Waals surface area contributed by atoms with Gasteiger partial charge in [0, 0.05) is 36.7 Å². The predicted molar refractivity (Wildman–Crippen MR) is 163 cm³/mol. The van der Waals surface area contributed by atoms with Crippen LogP contribution in [0.2, 0.25) is 0 Å². The Kier molecular flexibility index (Phi) is 11.3. The van der Waals surface area contributed by atoms with E-state index in [-0.39, 0.29) is 16.2 Å². The summed E-state index contributed by atoms with van der Waals surface area (Å²) >= 11 is 0. The van der Waals surface area contributed by atoms with E-state index in [9.17, 15) is 18.0 Å². The van der Waals surface area contributed by atoms with Gasteiger partial charge in [-0.25, -0.2) is 13.2 Å². The van der Waals surface area contributed by atoms with Crippen molar-refractivity contribution in [3.63, 3.8) is 0 Å². The first-order chi connectivity index (χ1) is 19.5. The highest BCUT2D eigenvalue weighted by molar-refractivity contribution is 7.92. The van der Waals surface area contributed by atoms with Gasteiger partial charge in [0.1, 0.15) is 6.04 Å². The normalized spacial score (nSPS) is 12.3. The number of sulfonamides is 1. The van der Waals surface area contributed by atoms with E-state index in [1.807, 2.05) is 18.2 Å². The van der Waals surface area contributed by atoms with Crippen molar-refractivity contribution in [2.75, 3.05) is 16.6 Å². The number of amides is 3. The minimum absolute atomic E-state index is 0.0817. The fourth-order valence-corrected chi connectivity index (χ4v) is 5.20. The average molecular weight is 580 g/mol. The van der Waals surface area contributed by atoms with Crippen LogP contribution in [-0.4, -0.2) is 37.9 Å². The van der Waals surface area contributed by atoms with Gasteiger partial charge in [-0.05, 0) is 65.4 Å². The van der Waals surface area contributed by atoms with Crippen LogP contribution in [0.1, 0.15) is 64.5 Å². The smallest absolute Gasteiger partial charge is 0.319 e. The van der Waals surface area contributed by atoms with Crippen molar-refractivity contribution in [1.82, 2.24) is 15.6 Å². The fraction of sp³-hybridized carbons (Fsp3) is 0.387. The monoisotopic (exact) mass is 579 g/mol. The van der Waals surface area contributed by atoms with Crippen LogP contribution in [0.5, 0.6) is 0 Å². The van der Waals surface area contributed by atoms with Crippen molar-refractivity contribution in [2.24, 2.45) is 0 Å². The van der Waals surface area contributed by atoms with E-state index in [0.717, 1.165) is 36.8 Å². The van der Waals surface area contributed by atoms with E-state index in [1.54, 1.807) is 54.9 Å². The van der Waals surface area contributed by atoms with E-state index < -0.39 is 22.1 Å². The molecule has 0 aliphatic carbocycles. The van der Waals surface area contributed by atoms with Crippen molar-refractivity contribution in [1.29, 1.82) is 0 Å². The van der Waals surface area contributed by atoms with Gasteiger partial charge >= 0.3 is 6.03 Å². The molecule has 4 N–H and O–H groups in total. The largest absolute Gasteiger partial charge is 0.354 e. The highest BCUT2D eigenvalue weighted by atomic mass is 32.2. The lowest BCUT2D eigenvalue weighted by atomic mass is 9.87. The maximum atomic E-state index is 12.9. The molecule has 1 atom stereocenters. The lowest BCUT2D eigenvalue weighted by Gasteiger charge is -2.19. The van der Waals surface area contributed by atoms with E-state index in [2.05, 4.69) is 53.4 Å². The molecule has 0 aliphatic rings. The van der Waals surface area contributed by atoms with Crippen molar-refractivity contribution in [3.05, 3.63) is 84.2 Å². The first kappa shape index (κ1) is 31.6. The molecular weight excluding hydrogens is 538 g/mol. The molecule has 3 rings (SSSR count). The second kappa shape index (κ2) is 14.6. The Bertz CT molecular complexity index is 1370. The first-order valence-electron chi connectivity index (χ1n) is 14.0. The number of benzene rings is 2. The Hall–Kier alpha value is -3.92. The number of nitrogens with zero attached hydrogens (tertiary/aromatic N) is 1. The highest BCUT2D eigenvalue weighted by Gasteiger charge is 2.22. The van der Waals surface area contributed by atoms with Crippen LogP contribution in [0.25, 0.3) is 0 Å². The number of hydrogen-bond donors (Lipinski definition) is 4. The van der Waals surface area contributed by atoms with Crippen LogP contribution in [0, 0.1) is 0 Å². The SMILES string of the molecule is CCCCCCNC(=O)[C@@H](Cc1cccnc1)NC(=O)Nc1ccc(NS(=O)(=O)c2ccc(C(C)(C)C)cc2)cc1. The molecule has 1 aromatic heterocycles. The van der Waals surface area contributed by atoms with Gasteiger partial charge < -0.3 is 16.0 Å². The van der Waals surface area contributed by atoms with E-state index in [4.69, 9.17) is 0 Å². The number of urea groups is 1. The Morgan fingerprint density at radius 3 is 2.20 bits per heavy atom. The van der Waals surface area contributed by atoms with Gasteiger partial charge in [0.25, 0.3) is 10.0 Å². The van der Waals surface area contributed by atoms with E-state index in [1.165, 1.54) is 0 Å². The summed E-state index contributed by atoms with van der Waals surface area (Å²) in [5.74, 6) is -0.263. The summed E-state index contributed by atoms with van der Waals surface area (Å²) in [6.45, 7) is 8.87. The Labute approximate surface area is 243 Å². The quantitative estimate of drug-likeness (QED) is 0.196. The summed E-state index contributed by atoms with van der Waals surface area (Å²) in [5.41, 5.74) is 2.58. The molecule has 220 valence electrons. The maximum absolute atomic E-state index is 12.9. The molecule has 9 nitrogen and oxygen atoms in total. The minimum Gasteiger partial charge on any atom is -0.354 e. The van der Waals surface area contributed by atoms with Gasteiger partial charge in [-0.1, -0.05) is 65.2 Å². The number of carbonyl (C=O) groups is 2. The third-order valence-corrected chi connectivity index (χ3v) is 7.94. The van der Waals surface area contributed by atoms with Crippen LogP contribution in [0.4, 0.5) is 16.2 Å². The van der Waals surface area contributed by atoms with Gasteiger partial charge in [0.15, 0.2) is 0 Å². The fourth-order valence-electron chi connectivity index (χ4n) is 4.15. The second-order valence-electron chi connectivity index (χ2n) is 11.0. The van der Waals surface area contributed by atoms with Crippen molar-refractivity contribution in [3.8, 4) is 0 Å². The summed E-state index contributed by atoms with van der Waals surface area (Å²) < 4.78 is 28.3. The van der Waals surface area contributed by atoms with Crippen molar-refractivity contribution in [2.45, 2.75) is 76.2 Å². The number of nitrogens with one attached hydrogen (secondary N) is 4. The van der Waals surface area contributed by atoms with Gasteiger partial charge in [-0.3, -0.25) is 14.5 Å². The van der Waals surface area contributed by atoms with Crippen LogP contribution in [0.15, 0.2) is 78.0 Å². The minimum atomic E-state index is -3.78. The van der Waals surface area contributed by atoms with Crippen LogP contribution in [-0.2, 0) is 26.7 Å².